The Morgan fingerprint density at radius 3 is 2.93 bits per heavy atom. The van der Waals surface area contributed by atoms with Crippen LogP contribution in [0.25, 0.3) is 43.5 Å². The number of nitrogens with zero attached hydrogens (tertiary/aromatic N) is 3. The fraction of sp³-hybridized carbons (Fsp3) is 0.0455. The van der Waals surface area contributed by atoms with Gasteiger partial charge in [-0.25, -0.2) is 9.97 Å². The van der Waals surface area contributed by atoms with Gasteiger partial charge in [0.25, 0.3) is 0 Å². The van der Waals surface area contributed by atoms with Crippen molar-refractivity contribution in [3.8, 4) is 11.4 Å². The summed E-state index contributed by atoms with van der Waals surface area (Å²) in [5.74, 6) is 1.30. The number of H-pyrrole nitrogens is 1. The molecule has 6 rings (SSSR count). The molecule has 2 aromatic carbocycles. The molecule has 7 heteroatoms. The smallest absolute Gasteiger partial charge is 0.194 e. The molecule has 4 heterocycles. The quantitative estimate of drug-likeness (QED) is 0.381. The normalized spacial score (nSPS) is 11.6. The van der Waals surface area contributed by atoms with Gasteiger partial charge >= 0.3 is 0 Å². The predicted molar refractivity (Wildman–Crippen MR) is 117 cm³/mol. The average molecular weight is 397 g/mol. The van der Waals surface area contributed by atoms with Crippen LogP contribution in [0.2, 0.25) is 0 Å². The van der Waals surface area contributed by atoms with Crippen molar-refractivity contribution in [1.82, 2.24) is 20.2 Å². The fourth-order valence-electron chi connectivity index (χ4n) is 3.54. The summed E-state index contributed by atoms with van der Waals surface area (Å²) in [5, 5.41) is 12.7. The van der Waals surface area contributed by atoms with Crippen molar-refractivity contribution in [3.05, 3.63) is 65.9 Å². The molecule has 0 saturated carbocycles. The number of rotatable bonds is 3. The Bertz CT molecular complexity index is 1510. The number of aryl methyl sites for hydroxylation is 1. The lowest BCUT2D eigenvalue weighted by molar-refractivity contribution is 0.615. The molecule has 0 bridgehead atoms. The molecule has 0 saturated heterocycles. The lowest BCUT2D eigenvalue weighted by atomic mass is 10.1. The highest BCUT2D eigenvalue weighted by Gasteiger charge is 2.14. The van der Waals surface area contributed by atoms with Crippen molar-refractivity contribution in [3.63, 3.8) is 0 Å². The molecular weight excluding hydrogens is 382 g/mol. The first-order chi connectivity index (χ1) is 14.2. The maximum atomic E-state index is 5.65. The minimum absolute atomic E-state index is 0.633. The van der Waals surface area contributed by atoms with E-state index in [4.69, 9.17) is 14.4 Å². The van der Waals surface area contributed by atoms with Crippen LogP contribution in [0, 0.1) is 6.92 Å². The first kappa shape index (κ1) is 16.3. The second-order valence-electron chi connectivity index (χ2n) is 6.94. The van der Waals surface area contributed by atoms with Gasteiger partial charge in [0, 0.05) is 32.3 Å². The van der Waals surface area contributed by atoms with Crippen LogP contribution in [0.3, 0.4) is 0 Å². The van der Waals surface area contributed by atoms with Crippen molar-refractivity contribution >= 4 is 54.9 Å². The number of fused-ring (bicyclic) bond motifs is 3. The van der Waals surface area contributed by atoms with Gasteiger partial charge in [-0.3, -0.25) is 5.10 Å². The SMILES string of the molecule is Cc1cc2ccc(-c3nc(Nc4ccc5[nH]ncc5c4)c4occc4n3)cc2s1. The van der Waals surface area contributed by atoms with Gasteiger partial charge in [-0.1, -0.05) is 12.1 Å². The molecule has 4 aromatic heterocycles. The monoisotopic (exact) mass is 397 g/mol. The van der Waals surface area contributed by atoms with Crippen LogP contribution in [0.15, 0.2) is 65.4 Å². The minimum Gasteiger partial charge on any atom is -0.459 e. The summed E-state index contributed by atoms with van der Waals surface area (Å²) in [6.07, 6.45) is 3.44. The van der Waals surface area contributed by atoms with E-state index < -0.39 is 0 Å². The Morgan fingerprint density at radius 1 is 1.00 bits per heavy atom. The topological polar surface area (TPSA) is 79.6 Å². The van der Waals surface area contributed by atoms with E-state index >= 15 is 0 Å². The number of benzene rings is 2. The summed E-state index contributed by atoms with van der Waals surface area (Å²) >= 11 is 1.78. The Balaban J connectivity index is 1.47. The molecule has 29 heavy (non-hydrogen) atoms. The Morgan fingerprint density at radius 2 is 1.97 bits per heavy atom. The van der Waals surface area contributed by atoms with Crippen LogP contribution in [0.1, 0.15) is 4.88 Å². The maximum Gasteiger partial charge on any atom is 0.194 e. The van der Waals surface area contributed by atoms with Crippen molar-refractivity contribution in [2.75, 3.05) is 5.32 Å². The molecule has 0 fully saturated rings. The zero-order valence-electron chi connectivity index (χ0n) is 15.4. The number of anilines is 2. The van der Waals surface area contributed by atoms with Gasteiger partial charge in [0.2, 0.25) is 0 Å². The molecule has 6 nitrogen and oxygen atoms in total. The van der Waals surface area contributed by atoms with E-state index in [1.165, 1.54) is 15.0 Å². The number of aromatic nitrogens is 4. The molecule has 0 spiro atoms. The number of furan rings is 1. The second kappa shape index (κ2) is 6.15. The molecule has 0 atom stereocenters. The van der Waals surface area contributed by atoms with Crippen molar-refractivity contribution in [2.24, 2.45) is 0 Å². The molecule has 0 radical (unpaired) electrons. The summed E-state index contributed by atoms with van der Waals surface area (Å²) in [5.41, 5.74) is 4.28. The minimum atomic E-state index is 0.633. The van der Waals surface area contributed by atoms with Crippen molar-refractivity contribution in [1.29, 1.82) is 0 Å². The van der Waals surface area contributed by atoms with Gasteiger partial charge in [-0.05, 0) is 42.6 Å². The van der Waals surface area contributed by atoms with Gasteiger partial charge in [0.05, 0.1) is 18.0 Å². The Labute approximate surface area is 169 Å². The second-order valence-corrected chi connectivity index (χ2v) is 8.23. The first-order valence-corrected chi connectivity index (χ1v) is 10.0. The number of hydrogen-bond acceptors (Lipinski definition) is 6. The van der Waals surface area contributed by atoms with Crippen LogP contribution in [0.5, 0.6) is 0 Å². The average Bonchev–Trinajstić information content (AvgIpc) is 3.45. The number of nitrogens with one attached hydrogen (secondary N) is 2. The molecule has 140 valence electrons. The van der Waals surface area contributed by atoms with E-state index in [0.29, 0.717) is 17.2 Å². The van der Waals surface area contributed by atoms with E-state index in [1.54, 1.807) is 23.8 Å². The van der Waals surface area contributed by atoms with Crippen LogP contribution < -0.4 is 5.32 Å². The van der Waals surface area contributed by atoms with Crippen LogP contribution in [-0.4, -0.2) is 20.2 Å². The highest BCUT2D eigenvalue weighted by atomic mass is 32.1. The first-order valence-electron chi connectivity index (χ1n) is 9.19. The number of hydrogen-bond donors (Lipinski definition) is 2. The van der Waals surface area contributed by atoms with Crippen LogP contribution in [0.4, 0.5) is 11.5 Å². The third kappa shape index (κ3) is 2.75. The van der Waals surface area contributed by atoms with Crippen molar-refractivity contribution in [2.45, 2.75) is 6.92 Å². The Kier molecular flexibility index (Phi) is 3.45. The fourth-order valence-corrected chi connectivity index (χ4v) is 4.50. The van der Waals surface area contributed by atoms with Gasteiger partial charge in [-0.2, -0.15) is 5.10 Å². The maximum absolute atomic E-state index is 5.65. The zero-order chi connectivity index (χ0) is 19.4. The summed E-state index contributed by atoms with van der Waals surface area (Å²) < 4.78 is 6.89. The lowest BCUT2D eigenvalue weighted by Gasteiger charge is -2.08. The molecular formula is C22H15N5OS. The lowest BCUT2D eigenvalue weighted by Crippen LogP contribution is -1.98. The van der Waals surface area contributed by atoms with Crippen molar-refractivity contribution < 1.29 is 4.42 Å². The third-order valence-electron chi connectivity index (χ3n) is 4.91. The van der Waals surface area contributed by atoms with E-state index in [-0.39, 0.29) is 0 Å². The summed E-state index contributed by atoms with van der Waals surface area (Å²) in [6.45, 7) is 2.12. The summed E-state index contributed by atoms with van der Waals surface area (Å²) in [4.78, 5) is 10.8. The van der Waals surface area contributed by atoms with Gasteiger partial charge < -0.3 is 9.73 Å². The summed E-state index contributed by atoms with van der Waals surface area (Å²) in [6, 6.07) is 16.4. The molecule has 0 aliphatic heterocycles. The van der Waals surface area contributed by atoms with Crippen LogP contribution >= 0.6 is 11.3 Å². The van der Waals surface area contributed by atoms with E-state index in [1.807, 2.05) is 24.3 Å². The molecule has 0 aliphatic rings. The largest absolute Gasteiger partial charge is 0.459 e. The Hall–Kier alpha value is -3.71. The molecule has 6 aromatic rings. The third-order valence-corrected chi connectivity index (χ3v) is 5.92. The molecule has 0 aliphatic carbocycles. The molecule has 0 unspecified atom stereocenters. The highest BCUT2D eigenvalue weighted by molar-refractivity contribution is 7.19. The van der Waals surface area contributed by atoms with Gasteiger partial charge in [0.15, 0.2) is 17.2 Å². The predicted octanol–water partition coefficient (Wildman–Crippen LogP) is 6.03. The van der Waals surface area contributed by atoms with E-state index in [0.717, 1.165) is 27.7 Å². The highest BCUT2D eigenvalue weighted by Crippen LogP contribution is 2.32. The van der Waals surface area contributed by atoms with Gasteiger partial charge in [0.1, 0.15) is 5.52 Å². The number of thiophene rings is 1. The standard InChI is InChI=1S/C22H15N5OS/c1-12-8-13-2-3-14(10-19(13)29-12)21-25-18-6-7-28-20(18)22(26-21)24-16-4-5-17-15(9-16)11-23-27-17/h2-11H,1H3,(H,23,27)(H,24,25,26). The zero-order valence-corrected chi connectivity index (χ0v) is 16.2. The summed E-state index contributed by atoms with van der Waals surface area (Å²) in [7, 11) is 0. The van der Waals surface area contributed by atoms with Gasteiger partial charge in [-0.15, -0.1) is 11.3 Å². The van der Waals surface area contributed by atoms with Crippen LogP contribution in [-0.2, 0) is 0 Å². The van der Waals surface area contributed by atoms with E-state index in [2.05, 4.69) is 46.7 Å². The molecule has 0 amide bonds. The van der Waals surface area contributed by atoms with E-state index in [9.17, 15) is 0 Å². The number of aromatic amines is 1. The molecule has 2 N–H and O–H groups in total.